The van der Waals surface area contributed by atoms with Crippen LogP contribution in [-0.2, 0) is 4.79 Å². The predicted molar refractivity (Wildman–Crippen MR) is 61.6 cm³/mol. The second-order valence-corrected chi connectivity index (χ2v) is 3.28. The van der Waals surface area contributed by atoms with Crippen LogP contribution in [0.3, 0.4) is 0 Å². The quantitative estimate of drug-likeness (QED) is 0.741. The number of hydrogen-bond donors (Lipinski definition) is 2. The van der Waals surface area contributed by atoms with Crippen LogP contribution < -0.4 is 20.5 Å². The summed E-state index contributed by atoms with van der Waals surface area (Å²) >= 11 is 0. The minimum atomic E-state index is -0.581. The molecular formula is C11H16N2O3. The normalized spacial score (nSPS) is 11.7. The van der Waals surface area contributed by atoms with Gasteiger partial charge in [-0.3, -0.25) is 4.79 Å². The molecule has 0 spiro atoms. The zero-order valence-electron chi connectivity index (χ0n) is 9.61. The van der Waals surface area contributed by atoms with E-state index < -0.39 is 6.10 Å². The lowest BCUT2D eigenvalue weighted by molar-refractivity contribution is -0.126. The van der Waals surface area contributed by atoms with Gasteiger partial charge in [0.25, 0.3) is 5.91 Å². The van der Waals surface area contributed by atoms with Crippen molar-refractivity contribution in [3.63, 3.8) is 0 Å². The highest BCUT2D eigenvalue weighted by atomic mass is 16.5. The van der Waals surface area contributed by atoms with Gasteiger partial charge < -0.3 is 20.5 Å². The van der Waals surface area contributed by atoms with E-state index >= 15 is 0 Å². The topological polar surface area (TPSA) is 73.6 Å². The van der Waals surface area contributed by atoms with E-state index in [1.165, 1.54) is 7.11 Å². The number of nitrogen functional groups attached to an aromatic ring is 1. The zero-order valence-corrected chi connectivity index (χ0v) is 9.61. The highest BCUT2D eigenvalue weighted by Crippen LogP contribution is 2.29. The minimum Gasteiger partial charge on any atom is -0.493 e. The van der Waals surface area contributed by atoms with Crippen molar-refractivity contribution >= 4 is 11.6 Å². The number of methoxy groups -OCH3 is 1. The molecule has 5 heteroatoms. The van der Waals surface area contributed by atoms with E-state index in [4.69, 9.17) is 15.2 Å². The smallest absolute Gasteiger partial charge is 0.260 e. The molecule has 1 rings (SSSR count). The molecule has 1 aromatic carbocycles. The molecule has 0 saturated carbocycles. The van der Waals surface area contributed by atoms with Crippen molar-refractivity contribution in [2.75, 3.05) is 19.9 Å². The summed E-state index contributed by atoms with van der Waals surface area (Å²) < 4.78 is 10.6. The largest absolute Gasteiger partial charge is 0.493 e. The van der Waals surface area contributed by atoms with Crippen molar-refractivity contribution in [1.29, 1.82) is 0 Å². The molecule has 0 aromatic heterocycles. The van der Waals surface area contributed by atoms with E-state index in [0.717, 1.165) is 0 Å². The zero-order chi connectivity index (χ0) is 12.1. The molecule has 0 aliphatic carbocycles. The third-order valence-electron chi connectivity index (χ3n) is 2.11. The van der Waals surface area contributed by atoms with Crippen molar-refractivity contribution in [2.45, 2.75) is 13.0 Å². The lowest BCUT2D eigenvalue weighted by Crippen LogP contribution is -2.33. The van der Waals surface area contributed by atoms with Gasteiger partial charge in [0.2, 0.25) is 0 Å². The molecule has 0 heterocycles. The van der Waals surface area contributed by atoms with E-state index in [-0.39, 0.29) is 5.91 Å². The van der Waals surface area contributed by atoms with Gasteiger partial charge >= 0.3 is 0 Å². The number of anilines is 1. The Morgan fingerprint density at radius 2 is 2.12 bits per heavy atom. The first-order valence-electron chi connectivity index (χ1n) is 4.90. The first-order chi connectivity index (χ1) is 7.58. The molecule has 0 aliphatic rings. The molecule has 3 N–H and O–H groups in total. The summed E-state index contributed by atoms with van der Waals surface area (Å²) in [7, 11) is 3.08. The second-order valence-electron chi connectivity index (χ2n) is 3.28. The molecule has 5 nitrogen and oxygen atoms in total. The van der Waals surface area contributed by atoms with Crippen LogP contribution in [0.5, 0.6) is 11.5 Å². The predicted octanol–water partition coefficient (Wildman–Crippen LogP) is 0.791. The average Bonchev–Trinajstić information content (AvgIpc) is 2.30. The average molecular weight is 224 g/mol. The molecule has 0 saturated heterocycles. The summed E-state index contributed by atoms with van der Waals surface area (Å²) in [4.78, 5) is 11.3. The lowest BCUT2D eigenvalue weighted by atomic mass is 10.2. The van der Waals surface area contributed by atoms with Gasteiger partial charge in [-0.2, -0.15) is 0 Å². The molecule has 16 heavy (non-hydrogen) atoms. The van der Waals surface area contributed by atoms with Crippen LogP contribution in [0.15, 0.2) is 18.2 Å². The molecule has 1 aromatic rings. The fraction of sp³-hybridized carbons (Fsp3) is 0.364. The van der Waals surface area contributed by atoms with Crippen LogP contribution in [-0.4, -0.2) is 26.2 Å². The van der Waals surface area contributed by atoms with Crippen molar-refractivity contribution < 1.29 is 14.3 Å². The van der Waals surface area contributed by atoms with Crippen LogP contribution in [0.4, 0.5) is 5.69 Å². The SMILES string of the molecule is CNC(=O)C(C)Oc1ccc(N)cc1OC. The van der Waals surface area contributed by atoms with E-state index in [1.807, 2.05) is 0 Å². The number of rotatable bonds is 4. The molecule has 1 amide bonds. The summed E-state index contributed by atoms with van der Waals surface area (Å²) in [6.07, 6.45) is -0.581. The number of carbonyl (C=O) groups is 1. The third kappa shape index (κ3) is 2.79. The van der Waals surface area contributed by atoms with Crippen LogP contribution in [0.2, 0.25) is 0 Å². The Labute approximate surface area is 94.5 Å². The molecular weight excluding hydrogens is 208 g/mol. The van der Waals surface area contributed by atoms with E-state index in [0.29, 0.717) is 17.2 Å². The van der Waals surface area contributed by atoms with E-state index in [2.05, 4.69) is 5.32 Å². The number of nitrogens with two attached hydrogens (primary N) is 1. The van der Waals surface area contributed by atoms with Crippen molar-refractivity contribution in [2.24, 2.45) is 0 Å². The Morgan fingerprint density at radius 1 is 1.44 bits per heavy atom. The summed E-state index contributed by atoms with van der Waals surface area (Å²) in [6, 6.07) is 5.01. The number of benzene rings is 1. The first kappa shape index (κ1) is 12.2. The number of likely N-dealkylation sites (N-methyl/N-ethyl adjacent to an activating group) is 1. The number of carbonyl (C=O) groups excluding carboxylic acids is 1. The molecule has 0 aliphatic heterocycles. The van der Waals surface area contributed by atoms with Gasteiger partial charge in [0, 0.05) is 18.8 Å². The third-order valence-corrected chi connectivity index (χ3v) is 2.11. The van der Waals surface area contributed by atoms with Gasteiger partial charge in [0.15, 0.2) is 17.6 Å². The van der Waals surface area contributed by atoms with Crippen molar-refractivity contribution in [3.8, 4) is 11.5 Å². The standard InChI is InChI=1S/C11H16N2O3/c1-7(11(14)13-2)16-9-5-4-8(12)6-10(9)15-3/h4-7H,12H2,1-3H3,(H,13,14). The monoisotopic (exact) mass is 224 g/mol. The van der Waals surface area contributed by atoms with E-state index in [9.17, 15) is 4.79 Å². The first-order valence-corrected chi connectivity index (χ1v) is 4.90. The highest BCUT2D eigenvalue weighted by molar-refractivity contribution is 5.80. The van der Waals surface area contributed by atoms with Gasteiger partial charge in [-0.25, -0.2) is 0 Å². The van der Waals surface area contributed by atoms with Gasteiger partial charge in [0.05, 0.1) is 7.11 Å². The molecule has 0 bridgehead atoms. The Morgan fingerprint density at radius 3 is 2.69 bits per heavy atom. The van der Waals surface area contributed by atoms with Gasteiger partial charge in [-0.15, -0.1) is 0 Å². The fourth-order valence-electron chi connectivity index (χ4n) is 1.23. The summed E-state index contributed by atoms with van der Waals surface area (Å²) in [5.74, 6) is 0.808. The second kappa shape index (κ2) is 5.25. The van der Waals surface area contributed by atoms with Crippen molar-refractivity contribution in [1.82, 2.24) is 5.32 Å². The maximum atomic E-state index is 11.3. The maximum absolute atomic E-state index is 11.3. The number of amides is 1. The van der Waals surface area contributed by atoms with E-state index in [1.54, 1.807) is 32.2 Å². The molecule has 0 fully saturated rings. The summed E-state index contributed by atoms with van der Waals surface area (Å²) in [6.45, 7) is 1.66. The number of nitrogens with one attached hydrogen (secondary N) is 1. The minimum absolute atomic E-state index is 0.195. The molecule has 1 unspecified atom stereocenters. The molecule has 0 radical (unpaired) electrons. The summed E-state index contributed by atoms with van der Waals surface area (Å²) in [5, 5.41) is 2.50. The Balaban J connectivity index is 2.84. The van der Waals surface area contributed by atoms with Gasteiger partial charge in [0.1, 0.15) is 0 Å². The van der Waals surface area contributed by atoms with Crippen LogP contribution >= 0.6 is 0 Å². The van der Waals surface area contributed by atoms with Crippen molar-refractivity contribution in [3.05, 3.63) is 18.2 Å². The number of hydrogen-bond acceptors (Lipinski definition) is 4. The Bertz CT molecular complexity index is 379. The number of ether oxygens (including phenoxy) is 2. The highest BCUT2D eigenvalue weighted by Gasteiger charge is 2.15. The Kier molecular flexibility index (Phi) is 3.99. The summed E-state index contributed by atoms with van der Waals surface area (Å²) in [5.41, 5.74) is 6.19. The van der Waals surface area contributed by atoms with Crippen LogP contribution in [0.1, 0.15) is 6.92 Å². The Hall–Kier alpha value is -1.91. The maximum Gasteiger partial charge on any atom is 0.260 e. The molecule has 88 valence electrons. The van der Waals surface area contributed by atoms with Gasteiger partial charge in [-0.1, -0.05) is 0 Å². The fourth-order valence-corrected chi connectivity index (χ4v) is 1.23. The van der Waals surface area contributed by atoms with Crippen LogP contribution in [0, 0.1) is 0 Å². The lowest BCUT2D eigenvalue weighted by Gasteiger charge is -2.15. The van der Waals surface area contributed by atoms with Crippen LogP contribution in [0.25, 0.3) is 0 Å². The van der Waals surface area contributed by atoms with Gasteiger partial charge in [-0.05, 0) is 19.1 Å². The molecule has 1 atom stereocenters.